The molecule has 0 aromatic heterocycles. The topological polar surface area (TPSA) is 237 Å². The molecule has 0 heterocycles. The Morgan fingerprint density at radius 1 is 0.269 bits per heavy atom. The molecule has 19 heteroatoms. The largest absolute Gasteiger partial charge is 0.472 e. The van der Waals surface area contributed by atoms with Crippen molar-refractivity contribution in [3.8, 4) is 0 Å². The molecule has 0 amide bonds. The first-order valence-corrected chi connectivity index (χ1v) is 47.2. The molecule has 6 atom stereocenters. The van der Waals surface area contributed by atoms with Gasteiger partial charge in [0.2, 0.25) is 0 Å². The van der Waals surface area contributed by atoms with E-state index < -0.39 is 97.5 Å². The van der Waals surface area contributed by atoms with E-state index in [4.69, 9.17) is 37.0 Å². The van der Waals surface area contributed by atoms with Crippen LogP contribution in [0.1, 0.15) is 458 Å². The fraction of sp³-hybridized carbons (Fsp3) is 0.953. The molecule has 0 aromatic carbocycles. The summed E-state index contributed by atoms with van der Waals surface area (Å²) in [7, 11) is -9.92. The first-order chi connectivity index (χ1) is 50.6. The standard InChI is InChI=1S/C85H166O17P2/c1-6-10-13-16-19-22-25-28-30-32-33-34-35-36-38-40-43-46-49-56-61-66-71-85(90)101-80(74-95-82(87)68-63-58-53-47-44-42-39-37-31-29-26-23-20-17-14-11-7-2)76-99-103(91,92)97-72-79(86)73-98-104(93,94)100-77-81(75-96-83(88)69-64-59-54-51-50-52-57-62-67-78(5)9-4)102-84(89)70-65-60-55-48-45-41-27-24-21-18-15-12-8-3/h78-81,86H,6-77H2,1-5H3,(H,91,92)(H,93,94)/t78?,79-,80-,81-/m1/s1. The van der Waals surface area contributed by atoms with E-state index in [-0.39, 0.29) is 25.7 Å². The summed E-state index contributed by atoms with van der Waals surface area (Å²) in [6.45, 7) is 7.36. The zero-order valence-electron chi connectivity index (χ0n) is 68.2. The smallest absolute Gasteiger partial charge is 0.462 e. The molecule has 0 aliphatic heterocycles. The Hall–Kier alpha value is -1.94. The van der Waals surface area contributed by atoms with Crippen molar-refractivity contribution in [2.24, 2.45) is 5.92 Å². The van der Waals surface area contributed by atoms with Crippen LogP contribution in [0.15, 0.2) is 0 Å². The molecule has 0 spiro atoms. The Balaban J connectivity index is 5.23. The molecule has 0 fully saturated rings. The lowest BCUT2D eigenvalue weighted by Gasteiger charge is -2.21. The highest BCUT2D eigenvalue weighted by Crippen LogP contribution is 2.45. The van der Waals surface area contributed by atoms with E-state index in [0.717, 1.165) is 95.8 Å². The number of phosphoric acid groups is 2. The molecule has 0 rings (SSSR count). The fourth-order valence-electron chi connectivity index (χ4n) is 13.3. The highest BCUT2D eigenvalue weighted by Gasteiger charge is 2.30. The molecule has 0 aliphatic rings. The molecule has 3 unspecified atom stereocenters. The minimum atomic E-state index is -4.96. The predicted octanol–water partition coefficient (Wildman–Crippen LogP) is 26.0. The summed E-state index contributed by atoms with van der Waals surface area (Å²) in [6, 6.07) is 0. The predicted molar refractivity (Wildman–Crippen MR) is 428 cm³/mol. The second-order valence-electron chi connectivity index (χ2n) is 30.8. The minimum Gasteiger partial charge on any atom is -0.462 e. The van der Waals surface area contributed by atoms with E-state index in [0.29, 0.717) is 25.7 Å². The molecule has 618 valence electrons. The van der Waals surface area contributed by atoms with E-state index in [1.165, 1.54) is 283 Å². The Morgan fingerprint density at radius 3 is 0.683 bits per heavy atom. The monoisotopic (exact) mass is 1520 g/mol. The second kappa shape index (κ2) is 77.8. The number of hydrogen-bond donors (Lipinski definition) is 3. The van der Waals surface area contributed by atoms with Gasteiger partial charge in [0.05, 0.1) is 26.4 Å². The third-order valence-corrected chi connectivity index (χ3v) is 22.3. The number of aliphatic hydroxyl groups is 1. The summed E-state index contributed by atoms with van der Waals surface area (Å²) in [5, 5.41) is 10.7. The van der Waals surface area contributed by atoms with Crippen LogP contribution in [0, 0.1) is 5.92 Å². The van der Waals surface area contributed by atoms with Gasteiger partial charge >= 0.3 is 39.5 Å². The maximum absolute atomic E-state index is 13.1. The van der Waals surface area contributed by atoms with Crippen LogP contribution in [-0.2, 0) is 65.4 Å². The van der Waals surface area contributed by atoms with Crippen molar-refractivity contribution < 1.29 is 80.2 Å². The SMILES string of the molecule is CCCCCCCCCCCCCCCCCCCCCCCCC(=O)O[C@H](COC(=O)CCCCCCCCCCCCCCCCCCC)COP(=O)(O)OC[C@@H](O)COP(=O)(O)OC[C@@H](COC(=O)CCCCCCCCCCC(C)CC)OC(=O)CCCCCCCCCCCCCCC. The van der Waals surface area contributed by atoms with Gasteiger partial charge in [0, 0.05) is 25.7 Å². The lowest BCUT2D eigenvalue weighted by Crippen LogP contribution is -2.30. The fourth-order valence-corrected chi connectivity index (χ4v) is 14.8. The second-order valence-corrected chi connectivity index (χ2v) is 33.7. The van der Waals surface area contributed by atoms with Crippen LogP contribution in [0.25, 0.3) is 0 Å². The number of aliphatic hydroxyl groups excluding tert-OH is 1. The molecular formula is C85H166O17P2. The maximum atomic E-state index is 13.1. The molecule has 3 N–H and O–H groups in total. The summed E-state index contributed by atoms with van der Waals surface area (Å²) < 4.78 is 68.9. The van der Waals surface area contributed by atoms with Crippen LogP contribution in [0.3, 0.4) is 0 Å². The van der Waals surface area contributed by atoms with Gasteiger partial charge in [-0.1, -0.05) is 407 Å². The van der Waals surface area contributed by atoms with E-state index in [2.05, 4.69) is 34.6 Å². The van der Waals surface area contributed by atoms with Gasteiger partial charge < -0.3 is 33.8 Å². The van der Waals surface area contributed by atoms with E-state index in [9.17, 15) is 43.2 Å². The summed E-state index contributed by atoms with van der Waals surface area (Å²) in [6.07, 6.45) is 70.8. The number of carbonyl (C=O) groups excluding carboxylic acids is 4. The van der Waals surface area contributed by atoms with Crippen LogP contribution < -0.4 is 0 Å². The number of carbonyl (C=O) groups is 4. The highest BCUT2D eigenvalue weighted by atomic mass is 31.2. The number of hydrogen-bond acceptors (Lipinski definition) is 15. The van der Waals surface area contributed by atoms with Crippen molar-refractivity contribution in [3.63, 3.8) is 0 Å². The number of ether oxygens (including phenoxy) is 4. The van der Waals surface area contributed by atoms with Gasteiger partial charge in [-0.2, -0.15) is 0 Å². The van der Waals surface area contributed by atoms with Crippen LogP contribution >= 0.6 is 15.6 Å². The zero-order valence-corrected chi connectivity index (χ0v) is 70.0. The Kier molecular flexibility index (Phi) is 76.3. The van der Waals surface area contributed by atoms with Crippen molar-refractivity contribution in [1.29, 1.82) is 0 Å². The Bertz CT molecular complexity index is 1980. The van der Waals surface area contributed by atoms with Gasteiger partial charge in [-0.15, -0.1) is 0 Å². The average molecular weight is 1520 g/mol. The van der Waals surface area contributed by atoms with Crippen LogP contribution in [0.4, 0.5) is 0 Å². The lowest BCUT2D eigenvalue weighted by atomic mass is 9.99. The molecule has 0 aromatic rings. The molecule has 0 saturated heterocycles. The zero-order chi connectivity index (χ0) is 76.2. The summed E-state index contributed by atoms with van der Waals surface area (Å²) in [5.74, 6) is -1.32. The van der Waals surface area contributed by atoms with Gasteiger partial charge in [-0.05, 0) is 31.6 Å². The quantitative estimate of drug-likeness (QED) is 0.0222. The van der Waals surface area contributed by atoms with E-state index >= 15 is 0 Å². The number of esters is 4. The molecule has 17 nitrogen and oxygen atoms in total. The first-order valence-electron chi connectivity index (χ1n) is 44.2. The highest BCUT2D eigenvalue weighted by molar-refractivity contribution is 7.47. The molecule has 0 radical (unpaired) electrons. The Morgan fingerprint density at radius 2 is 0.462 bits per heavy atom. The van der Waals surface area contributed by atoms with Gasteiger partial charge in [-0.25, -0.2) is 9.13 Å². The number of unbranched alkanes of at least 4 members (excludes halogenated alkanes) is 56. The van der Waals surface area contributed by atoms with Crippen molar-refractivity contribution in [2.45, 2.75) is 477 Å². The van der Waals surface area contributed by atoms with Crippen LogP contribution in [0.2, 0.25) is 0 Å². The average Bonchev–Trinajstić information content (AvgIpc) is 0.912. The van der Waals surface area contributed by atoms with Gasteiger partial charge in [0.25, 0.3) is 0 Å². The molecule has 104 heavy (non-hydrogen) atoms. The molecular weight excluding hydrogens is 1350 g/mol. The van der Waals surface area contributed by atoms with E-state index in [1.54, 1.807) is 0 Å². The summed E-state index contributed by atoms with van der Waals surface area (Å²) in [4.78, 5) is 73.2. The lowest BCUT2D eigenvalue weighted by molar-refractivity contribution is -0.161. The van der Waals surface area contributed by atoms with Crippen molar-refractivity contribution in [3.05, 3.63) is 0 Å². The van der Waals surface area contributed by atoms with Gasteiger partial charge in [0.15, 0.2) is 12.2 Å². The van der Waals surface area contributed by atoms with Crippen LogP contribution in [-0.4, -0.2) is 96.7 Å². The third-order valence-electron chi connectivity index (χ3n) is 20.4. The molecule has 0 saturated carbocycles. The minimum absolute atomic E-state index is 0.108. The Labute approximate surface area is 638 Å². The van der Waals surface area contributed by atoms with Gasteiger partial charge in [0.1, 0.15) is 19.3 Å². The van der Waals surface area contributed by atoms with Gasteiger partial charge in [-0.3, -0.25) is 37.3 Å². The summed E-state index contributed by atoms with van der Waals surface area (Å²) in [5.41, 5.74) is 0. The molecule has 0 bridgehead atoms. The number of rotatable bonds is 85. The normalized spacial score (nSPS) is 14.0. The first kappa shape index (κ1) is 102. The maximum Gasteiger partial charge on any atom is 0.472 e. The summed E-state index contributed by atoms with van der Waals surface area (Å²) >= 11 is 0. The van der Waals surface area contributed by atoms with E-state index in [1.807, 2.05) is 0 Å². The number of phosphoric ester groups is 2. The van der Waals surface area contributed by atoms with Crippen molar-refractivity contribution in [2.75, 3.05) is 39.6 Å². The van der Waals surface area contributed by atoms with Crippen molar-refractivity contribution in [1.82, 2.24) is 0 Å². The van der Waals surface area contributed by atoms with Crippen LogP contribution in [0.5, 0.6) is 0 Å². The molecule has 0 aliphatic carbocycles. The van der Waals surface area contributed by atoms with Crippen molar-refractivity contribution >= 4 is 39.5 Å². The third kappa shape index (κ3) is 76.8.